The monoisotopic (exact) mass is 256 g/mol. The van der Waals surface area contributed by atoms with Crippen LogP contribution in [0.3, 0.4) is 0 Å². The van der Waals surface area contributed by atoms with Crippen LogP contribution in [0.2, 0.25) is 0 Å². The van der Waals surface area contributed by atoms with E-state index in [1.54, 1.807) is 0 Å². The van der Waals surface area contributed by atoms with Gasteiger partial charge in [-0.15, -0.1) is 0 Å². The fraction of sp³-hybridized carbons (Fsp3) is 0.438. The Morgan fingerprint density at radius 2 is 1.95 bits per heavy atom. The first-order valence-electron chi connectivity index (χ1n) is 6.91. The zero-order valence-corrected chi connectivity index (χ0v) is 11.8. The third kappa shape index (κ3) is 1.93. The number of aromatic amines is 1. The van der Waals surface area contributed by atoms with Crippen molar-refractivity contribution in [2.75, 3.05) is 0 Å². The molecule has 1 aliphatic carbocycles. The summed E-state index contributed by atoms with van der Waals surface area (Å²) in [5.74, 6) is 0.511. The fourth-order valence-electron chi connectivity index (χ4n) is 3.20. The topological polar surface area (TPSA) is 48.9 Å². The fourth-order valence-corrected chi connectivity index (χ4v) is 3.20. The van der Waals surface area contributed by atoms with Gasteiger partial charge in [0.25, 0.3) is 0 Å². The van der Waals surface area contributed by atoms with Crippen LogP contribution in [0.5, 0.6) is 5.75 Å². The van der Waals surface area contributed by atoms with Crippen LogP contribution >= 0.6 is 0 Å². The van der Waals surface area contributed by atoms with Crippen LogP contribution in [0.4, 0.5) is 0 Å². The van der Waals surface area contributed by atoms with Gasteiger partial charge < -0.3 is 5.11 Å². The summed E-state index contributed by atoms with van der Waals surface area (Å²) in [6, 6.07) is 2.14. The standard InChI is InChI=1S/C16H20N2O/c1-9-7-12(8-15-10(2)17-18-11(15)3)13-5-4-6-14(13)16(9)19/h7,19H,4-6,8H2,1-3H3,(H,17,18). The molecule has 0 bridgehead atoms. The molecule has 1 aromatic heterocycles. The lowest BCUT2D eigenvalue weighted by molar-refractivity contribution is 0.464. The van der Waals surface area contributed by atoms with E-state index in [4.69, 9.17) is 0 Å². The summed E-state index contributed by atoms with van der Waals surface area (Å²) in [5.41, 5.74) is 8.41. The maximum absolute atomic E-state index is 10.2. The number of phenols is 1. The molecule has 19 heavy (non-hydrogen) atoms. The van der Waals surface area contributed by atoms with Crippen LogP contribution in [0.1, 0.15) is 45.6 Å². The van der Waals surface area contributed by atoms with Gasteiger partial charge in [-0.3, -0.25) is 5.10 Å². The highest BCUT2D eigenvalue weighted by molar-refractivity contribution is 5.53. The van der Waals surface area contributed by atoms with Crippen LogP contribution in [0, 0.1) is 20.8 Å². The van der Waals surface area contributed by atoms with Crippen molar-refractivity contribution >= 4 is 0 Å². The van der Waals surface area contributed by atoms with Gasteiger partial charge in [-0.2, -0.15) is 5.10 Å². The van der Waals surface area contributed by atoms with E-state index in [2.05, 4.69) is 23.2 Å². The summed E-state index contributed by atoms with van der Waals surface area (Å²) in [5, 5.41) is 17.5. The third-order valence-electron chi connectivity index (χ3n) is 4.30. The minimum Gasteiger partial charge on any atom is -0.507 e. The minimum atomic E-state index is 0.511. The molecule has 0 saturated heterocycles. The molecule has 2 N–H and O–H groups in total. The van der Waals surface area contributed by atoms with Crippen LogP contribution in [-0.2, 0) is 19.3 Å². The number of benzene rings is 1. The number of aromatic hydroxyl groups is 1. The molecule has 0 spiro atoms. The van der Waals surface area contributed by atoms with Crippen molar-refractivity contribution in [3.8, 4) is 5.75 Å². The van der Waals surface area contributed by atoms with Crippen molar-refractivity contribution < 1.29 is 5.11 Å². The van der Waals surface area contributed by atoms with E-state index in [0.29, 0.717) is 5.75 Å². The summed E-state index contributed by atoms with van der Waals surface area (Å²) < 4.78 is 0. The average Bonchev–Trinajstić information content (AvgIpc) is 2.97. The summed E-state index contributed by atoms with van der Waals surface area (Å²) >= 11 is 0. The second-order valence-corrected chi connectivity index (χ2v) is 5.60. The molecule has 0 fully saturated rings. The maximum atomic E-state index is 10.2. The summed E-state index contributed by atoms with van der Waals surface area (Å²) in [6.45, 7) is 6.11. The van der Waals surface area contributed by atoms with Gasteiger partial charge >= 0.3 is 0 Å². The molecule has 0 aliphatic heterocycles. The zero-order valence-electron chi connectivity index (χ0n) is 11.8. The van der Waals surface area contributed by atoms with Crippen LogP contribution in [-0.4, -0.2) is 15.3 Å². The number of hydrogen-bond acceptors (Lipinski definition) is 2. The van der Waals surface area contributed by atoms with Crippen LogP contribution < -0.4 is 0 Å². The lowest BCUT2D eigenvalue weighted by Crippen LogP contribution is -1.99. The van der Waals surface area contributed by atoms with Crippen molar-refractivity contribution in [3.05, 3.63) is 45.3 Å². The lowest BCUT2D eigenvalue weighted by Gasteiger charge is -2.13. The Morgan fingerprint density at radius 1 is 1.21 bits per heavy atom. The molecule has 0 atom stereocenters. The maximum Gasteiger partial charge on any atom is 0.121 e. The molecule has 100 valence electrons. The SMILES string of the molecule is Cc1cc(Cc2c(C)n[nH]c2C)c2c(c1O)CCC2. The number of phenolic OH excluding ortho intramolecular Hbond substituents is 1. The Morgan fingerprint density at radius 3 is 2.63 bits per heavy atom. The van der Waals surface area contributed by atoms with E-state index < -0.39 is 0 Å². The van der Waals surface area contributed by atoms with Crippen molar-refractivity contribution in [1.29, 1.82) is 0 Å². The molecule has 1 aliphatic rings. The Labute approximate surface area is 113 Å². The van der Waals surface area contributed by atoms with Crippen molar-refractivity contribution in [2.45, 2.75) is 46.5 Å². The van der Waals surface area contributed by atoms with Gasteiger partial charge in [0.1, 0.15) is 5.75 Å². The molecule has 1 aromatic carbocycles. The van der Waals surface area contributed by atoms with E-state index in [1.165, 1.54) is 22.3 Å². The Bertz CT molecular complexity index is 621. The minimum absolute atomic E-state index is 0.511. The summed E-state index contributed by atoms with van der Waals surface area (Å²) in [4.78, 5) is 0. The first kappa shape index (κ1) is 12.3. The molecule has 3 rings (SSSR count). The number of nitrogens with one attached hydrogen (secondary N) is 1. The van der Waals surface area contributed by atoms with Gasteiger partial charge in [-0.25, -0.2) is 0 Å². The number of hydrogen-bond donors (Lipinski definition) is 2. The molecule has 1 heterocycles. The largest absolute Gasteiger partial charge is 0.507 e. The lowest BCUT2D eigenvalue weighted by atomic mass is 9.93. The molecule has 0 amide bonds. The zero-order chi connectivity index (χ0) is 13.6. The van der Waals surface area contributed by atoms with E-state index in [9.17, 15) is 5.11 Å². The highest BCUT2D eigenvalue weighted by Crippen LogP contribution is 2.36. The normalized spacial score (nSPS) is 13.8. The molecule has 2 aromatic rings. The van der Waals surface area contributed by atoms with Crippen LogP contribution in [0.15, 0.2) is 6.07 Å². The van der Waals surface area contributed by atoms with E-state index in [-0.39, 0.29) is 0 Å². The van der Waals surface area contributed by atoms with Gasteiger partial charge in [-0.05, 0) is 62.3 Å². The highest BCUT2D eigenvalue weighted by Gasteiger charge is 2.21. The van der Waals surface area contributed by atoms with Crippen molar-refractivity contribution in [2.24, 2.45) is 0 Å². The van der Waals surface area contributed by atoms with Gasteiger partial charge in [0.15, 0.2) is 0 Å². The van der Waals surface area contributed by atoms with Crippen molar-refractivity contribution in [1.82, 2.24) is 10.2 Å². The number of H-pyrrole nitrogens is 1. The molecule has 3 heteroatoms. The van der Waals surface area contributed by atoms with Gasteiger partial charge in [0.2, 0.25) is 0 Å². The predicted molar refractivity (Wildman–Crippen MR) is 75.7 cm³/mol. The van der Waals surface area contributed by atoms with Gasteiger partial charge in [-0.1, -0.05) is 6.07 Å². The predicted octanol–water partition coefficient (Wildman–Crippen LogP) is 3.12. The van der Waals surface area contributed by atoms with Crippen LogP contribution in [0.25, 0.3) is 0 Å². The molecule has 3 nitrogen and oxygen atoms in total. The van der Waals surface area contributed by atoms with Gasteiger partial charge in [0.05, 0.1) is 5.69 Å². The number of aryl methyl sites for hydroxylation is 3. The Kier molecular flexibility index (Phi) is 2.85. The summed E-state index contributed by atoms with van der Waals surface area (Å²) in [6.07, 6.45) is 4.17. The summed E-state index contributed by atoms with van der Waals surface area (Å²) in [7, 11) is 0. The second-order valence-electron chi connectivity index (χ2n) is 5.60. The van der Waals surface area contributed by atoms with Crippen molar-refractivity contribution in [3.63, 3.8) is 0 Å². The number of aromatic nitrogens is 2. The van der Waals surface area contributed by atoms with E-state index >= 15 is 0 Å². The quantitative estimate of drug-likeness (QED) is 0.867. The van der Waals surface area contributed by atoms with E-state index in [1.807, 2.05) is 13.8 Å². The second kappa shape index (κ2) is 4.41. The highest BCUT2D eigenvalue weighted by atomic mass is 16.3. The molecular weight excluding hydrogens is 236 g/mol. The Balaban J connectivity index is 2.07. The number of nitrogens with zero attached hydrogens (tertiary/aromatic N) is 1. The molecule has 0 radical (unpaired) electrons. The first-order chi connectivity index (χ1) is 9.08. The molecule has 0 unspecified atom stereocenters. The van der Waals surface area contributed by atoms with E-state index in [0.717, 1.165) is 42.6 Å². The smallest absolute Gasteiger partial charge is 0.121 e. The average molecular weight is 256 g/mol. The molecular formula is C16H20N2O. The first-order valence-corrected chi connectivity index (χ1v) is 6.91. The molecule has 0 saturated carbocycles. The van der Waals surface area contributed by atoms with Gasteiger partial charge in [0, 0.05) is 17.7 Å². The third-order valence-corrected chi connectivity index (χ3v) is 4.30. The Hall–Kier alpha value is -1.77. The number of rotatable bonds is 2. The number of fused-ring (bicyclic) bond motifs is 1.